The van der Waals surface area contributed by atoms with E-state index in [-0.39, 0.29) is 6.04 Å². The van der Waals surface area contributed by atoms with Crippen LogP contribution in [0, 0.1) is 6.92 Å². The molecule has 0 aliphatic heterocycles. The predicted octanol–water partition coefficient (Wildman–Crippen LogP) is 1.49. The number of nitrogens with zero attached hydrogens (tertiary/aromatic N) is 3. The van der Waals surface area contributed by atoms with Crippen LogP contribution < -0.4 is 10.6 Å². The molecule has 2 unspecified atom stereocenters. The summed E-state index contributed by atoms with van der Waals surface area (Å²) >= 11 is 0. The van der Waals surface area contributed by atoms with Gasteiger partial charge in [0.1, 0.15) is 0 Å². The zero-order valence-corrected chi connectivity index (χ0v) is 10.1. The van der Waals surface area contributed by atoms with Gasteiger partial charge in [0.15, 0.2) is 0 Å². The van der Waals surface area contributed by atoms with Crippen LogP contribution in [0.15, 0.2) is 12.4 Å². The highest BCUT2D eigenvalue weighted by Crippen LogP contribution is 2.23. The van der Waals surface area contributed by atoms with E-state index in [2.05, 4.69) is 14.9 Å². The van der Waals surface area contributed by atoms with Crippen molar-refractivity contribution in [3.8, 4) is 0 Å². The topological polar surface area (TPSA) is 55.0 Å². The van der Waals surface area contributed by atoms with Gasteiger partial charge in [-0.05, 0) is 25.3 Å². The van der Waals surface area contributed by atoms with Gasteiger partial charge >= 0.3 is 0 Å². The summed E-state index contributed by atoms with van der Waals surface area (Å²) in [5.74, 6) is 0.785. The van der Waals surface area contributed by atoms with E-state index >= 15 is 0 Å². The fourth-order valence-corrected chi connectivity index (χ4v) is 2.34. The lowest BCUT2D eigenvalue weighted by Gasteiger charge is -2.35. The van der Waals surface area contributed by atoms with E-state index in [0.29, 0.717) is 6.04 Å². The fraction of sp³-hybridized carbons (Fsp3) is 0.667. The van der Waals surface area contributed by atoms with Crippen LogP contribution in [0.2, 0.25) is 0 Å². The minimum atomic E-state index is 0.253. The molecular formula is C12H20N4. The maximum Gasteiger partial charge on any atom is 0.225 e. The monoisotopic (exact) mass is 220 g/mol. The van der Waals surface area contributed by atoms with Gasteiger partial charge in [-0.15, -0.1) is 0 Å². The van der Waals surface area contributed by atoms with Gasteiger partial charge in [-0.2, -0.15) is 0 Å². The van der Waals surface area contributed by atoms with Crippen molar-refractivity contribution in [2.45, 2.75) is 44.7 Å². The molecule has 2 rings (SSSR count). The first kappa shape index (κ1) is 11.3. The van der Waals surface area contributed by atoms with E-state index in [1.165, 1.54) is 12.8 Å². The van der Waals surface area contributed by atoms with Crippen molar-refractivity contribution in [1.29, 1.82) is 0 Å². The van der Waals surface area contributed by atoms with Crippen molar-refractivity contribution < 1.29 is 0 Å². The van der Waals surface area contributed by atoms with Crippen molar-refractivity contribution in [3.63, 3.8) is 0 Å². The molecule has 2 N–H and O–H groups in total. The Bertz CT molecular complexity index is 335. The van der Waals surface area contributed by atoms with Crippen LogP contribution in [0.5, 0.6) is 0 Å². The Hall–Kier alpha value is -1.16. The molecule has 0 spiro atoms. The van der Waals surface area contributed by atoms with Crippen LogP contribution in [0.25, 0.3) is 0 Å². The molecule has 4 heteroatoms. The fourth-order valence-electron chi connectivity index (χ4n) is 2.34. The lowest BCUT2D eigenvalue weighted by atomic mass is 9.90. The molecule has 0 bridgehead atoms. The minimum absolute atomic E-state index is 0.253. The van der Waals surface area contributed by atoms with Gasteiger partial charge in [-0.3, -0.25) is 0 Å². The Labute approximate surface area is 96.9 Å². The van der Waals surface area contributed by atoms with E-state index in [0.717, 1.165) is 24.4 Å². The average Bonchev–Trinajstić information content (AvgIpc) is 2.30. The summed E-state index contributed by atoms with van der Waals surface area (Å²) in [5.41, 5.74) is 7.24. The number of anilines is 1. The Balaban J connectivity index is 2.11. The van der Waals surface area contributed by atoms with E-state index in [4.69, 9.17) is 5.73 Å². The summed E-state index contributed by atoms with van der Waals surface area (Å²) in [6, 6.07) is 0.639. The second-order valence-electron chi connectivity index (χ2n) is 4.69. The smallest absolute Gasteiger partial charge is 0.225 e. The maximum absolute atomic E-state index is 6.15. The summed E-state index contributed by atoms with van der Waals surface area (Å²) in [6.07, 6.45) is 8.48. The summed E-state index contributed by atoms with van der Waals surface area (Å²) < 4.78 is 0. The summed E-state index contributed by atoms with van der Waals surface area (Å²) in [7, 11) is 2.04. The van der Waals surface area contributed by atoms with Gasteiger partial charge in [-0.25, -0.2) is 9.97 Å². The lowest BCUT2D eigenvalue weighted by molar-refractivity contribution is 0.371. The van der Waals surface area contributed by atoms with Crippen LogP contribution in [0.3, 0.4) is 0 Å². The van der Waals surface area contributed by atoms with Gasteiger partial charge in [-0.1, -0.05) is 12.8 Å². The molecule has 1 heterocycles. The first-order valence-corrected chi connectivity index (χ1v) is 5.95. The van der Waals surface area contributed by atoms with Gasteiger partial charge in [0.25, 0.3) is 0 Å². The third-order valence-corrected chi connectivity index (χ3v) is 3.36. The predicted molar refractivity (Wildman–Crippen MR) is 65.4 cm³/mol. The highest BCUT2D eigenvalue weighted by molar-refractivity contribution is 5.31. The number of nitrogens with two attached hydrogens (primary N) is 1. The molecule has 1 aliphatic carbocycles. The Morgan fingerprint density at radius 3 is 2.50 bits per heavy atom. The highest BCUT2D eigenvalue weighted by atomic mass is 15.3. The summed E-state index contributed by atoms with van der Waals surface area (Å²) in [4.78, 5) is 10.8. The largest absolute Gasteiger partial charge is 0.339 e. The Kier molecular flexibility index (Phi) is 3.39. The van der Waals surface area contributed by atoms with Crippen molar-refractivity contribution in [3.05, 3.63) is 18.0 Å². The maximum atomic E-state index is 6.15. The molecule has 1 aromatic rings. The average molecular weight is 220 g/mol. The molecule has 0 radical (unpaired) electrons. The second-order valence-corrected chi connectivity index (χ2v) is 4.69. The molecule has 1 fully saturated rings. The normalized spacial score (nSPS) is 25.4. The Morgan fingerprint density at radius 2 is 1.88 bits per heavy atom. The SMILES string of the molecule is Cc1cnc(N(C)C2CCCCC2N)nc1. The van der Waals surface area contributed by atoms with E-state index < -0.39 is 0 Å². The third kappa shape index (κ3) is 2.32. The van der Waals surface area contributed by atoms with E-state index in [9.17, 15) is 0 Å². The number of aryl methyl sites for hydroxylation is 1. The van der Waals surface area contributed by atoms with Crippen LogP contribution in [-0.2, 0) is 0 Å². The third-order valence-electron chi connectivity index (χ3n) is 3.36. The number of hydrogen-bond acceptors (Lipinski definition) is 4. The van der Waals surface area contributed by atoms with Gasteiger partial charge < -0.3 is 10.6 Å². The molecule has 16 heavy (non-hydrogen) atoms. The summed E-state index contributed by atoms with van der Waals surface area (Å²) in [6.45, 7) is 2.00. The number of rotatable bonds is 2. The van der Waals surface area contributed by atoms with Crippen LogP contribution >= 0.6 is 0 Å². The van der Waals surface area contributed by atoms with E-state index in [1.807, 2.05) is 26.4 Å². The molecular weight excluding hydrogens is 200 g/mol. The Morgan fingerprint density at radius 1 is 1.25 bits per heavy atom. The van der Waals surface area contributed by atoms with Gasteiger partial charge in [0.2, 0.25) is 5.95 Å². The van der Waals surface area contributed by atoms with Crippen molar-refractivity contribution in [2.24, 2.45) is 5.73 Å². The van der Waals surface area contributed by atoms with Crippen LogP contribution in [-0.4, -0.2) is 29.1 Å². The lowest BCUT2D eigenvalue weighted by Crippen LogP contribution is -2.48. The number of likely N-dealkylation sites (N-methyl/N-ethyl adjacent to an activating group) is 1. The van der Waals surface area contributed by atoms with Crippen molar-refractivity contribution in [2.75, 3.05) is 11.9 Å². The standard InChI is InChI=1S/C12H20N4/c1-9-7-14-12(15-8-9)16(2)11-6-4-3-5-10(11)13/h7-8,10-11H,3-6,13H2,1-2H3. The molecule has 1 aliphatic rings. The molecule has 0 saturated heterocycles. The van der Waals surface area contributed by atoms with Crippen LogP contribution in [0.1, 0.15) is 31.2 Å². The molecule has 1 aromatic heterocycles. The van der Waals surface area contributed by atoms with Gasteiger partial charge in [0.05, 0.1) is 0 Å². The molecule has 88 valence electrons. The van der Waals surface area contributed by atoms with Crippen molar-refractivity contribution in [1.82, 2.24) is 9.97 Å². The minimum Gasteiger partial charge on any atom is -0.339 e. The molecule has 1 saturated carbocycles. The zero-order chi connectivity index (χ0) is 11.5. The number of hydrogen-bond donors (Lipinski definition) is 1. The summed E-state index contributed by atoms with van der Waals surface area (Å²) in [5, 5.41) is 0. The van der Waals surface area contributed by atoms with Gasteiger partial charge in [0, 0.05) is 31.5 Å². The molecule has 2 atom stereocenters. The first-order valence-electron chi connectivity index (χ1n) is 5.95. The highest BCUT2D eigenvalue weighted by Gasteiger charge is 2.26. The quantitative estimate of drug-likeness (QED) is 0.820. The van der Waals surface area contributed by atoms with E-state index in [1.54, 1.807) is 0 Å². The molecule has 0 amide bonds. The van der Waals surface area contributed by atoms with Crippen LogP contribution in [0.4, 0.5) is 5.95 Å². The molecule has 0 aromatic carbocycles. The van der Waals surface area contributed by atoms with Crippen molar-refractivity contribution >= 4 is 5.95 Å². The molecule has 4 nitrogen and oxygen atoms in total. The first-order chi connectivity index (χ1) is 7.68. The zero-order valence-electron chi connectivity index (χ0n) is 10.1. The second kappa shape index (κ2) is 4.78. The number of aromatic nitrogens is 2.